The number of hydrogen-bond acceptors (Lipinski definition) is 4. The highest BCUT2D eigenvalue weighted by Crippen LogP contribution is 2.22. The minimum Gasteiger partial charge on any atom is -0.494 e. The molecular formula is C14H18N4O. The molecule has 0 saturated carbocycles. The van der Waals surface area contributed by atoms with E-state index < -0.39 is 0 Å². The summed E-state index contributed by atoms with van der Waals surface area (Å²) in [5.41, 5.74) is 2.45. The van der Waals surface area contributed by atoms with Gasteiger partial charge in [-0.3, -0.25) is 5.10 Å². The average molecular weight is 258 g/mol. The van der Waals surface area contributed by atoms with Gasteiger partial charge in [-0.05, 0) is 37.6 Å². The lowest BCUT2D eigenvalue weighted by molar-refractivity contribution is 0.309. The third-order valence-electron chi connectivity index (χ3n) is 2.68. The second kappa shape index (κ2) is 6.68. The summed E-state index contributed by atoms with van der Waals surface area (Å²) >= 11 is 0. The third-order valence-corrected chi connectivity index (χ3v) is 2.68. The van der Waals surface area contributed by atoms with Crippen LogP contribution < -0.4 is 4.74 Å². The van der Waals surface area contributed by atoms with Gasteiger partial charge in [0.25, 0.3) is 0 Å². The van der Waals surface area contributed by atoms with Gasteiger partial charge in [-0.2, -0.15) is 10.2 Å². The van der Waals surface area contributed by atoms with Crippen LogP contribution in [0, 0.1) is 6.92 Å². The number of unbranched alkanes of at least 4 members (excludes halogenated alkanes) is 1. The molecule has 1 heterocycles. The van der Waals surface area contributed by atoms with E-state index in [2.05, 4.69) is 27.3 Å². The monoisotopic (exact) mass is 258 g/mol. The maximum absolute atomic E-state index is 5.58. The predicted octanol–water partition coefficient (Wildman–Crippen LogP) is 4.31. The molecule has 0 fully saturated rings. The number of aromatic amines is 1. The van der Waals surface area contributed by atoms with Crippen LogP contribution in [0.2, 0.25) is 0 Å². The van der Waals surface area contributed by atoms with E-state index in [0.717, 1.165) is 42.3 Å². The van der Waals surface area contributed by atoms with Gasteiger partial charge in [-0.15, -0.1) is 5.11 Å². The lowest BCUT2D eigenvalue weighted by atomic mass is 10.3. The fourth-order valence-corrected chi connectivity index (χ4v) is 1.50. The molecule has 0 radical (unpaired) electrons. The van der Waals surface area contributed by atoms with Crippen LogP contribution in [0.25, 0.3) is 0 Å². The Morgan fingerprint density at radius 3 is 2.63 bits per heavy atom. The van der Waals surface area contributed by atoms with Crippen LogP contribution in [-0.4, -0.2) is 16.8 Å². The minimum absolute atomic E-state index is 0.753. The third kappa shape index (κ3) is 3.91. The zero-order valence-electron chi connectivity index (χ0n) is 11.3. The van der Waals surface area contributed by atoms with Gasteiger partial charge >= 0.3 is 0 Å². The van der Waals surface area contributed by atoms with Gasteiger partial charge in [-0.1, -0.05) is 13.3 Å². The van der Waals surface area contributed by atoms with E-state index in [0.29, 0.717) is 0 Å². The van der Waals surface area contributed by atoms with E-state index in [1.807, 2.05) is 31.2 Å². The van der Waals surface area contributed by atoms with Gasteiger partial charge in [0.2, 0.25) is 0 Å². The Morgan fingerprint density at radius 2 is 2.00 bits per heavy atom. The van der Waals surface area contributed by atoms with Crippen molar-refractivity contribution in [2.75, 3.05) is 6.61 Å². The Bertz CT molecular complexity index is 531. The summed E-state index contributed by atoms with van der Waals surface area (Å²) < 4.78 is 5.58. The van der Waals surface area contributed by atoms with Crippen molar-refractivity contribution >= 4 is 11.4 Å². The zero-order chi connectivity index (χ0) is 13.5. The van der Waals surface area contributed by atoms with Crippen molar-refractivity contribution in [1.29, 1.82) is 0 Å². The number of rotatable bonds is 6. The summed E-state index contributed by atoms with van der Waals surface area (Å²) in [6, 6.07) is 7.60. The summed E-state index contributed by atoms with van der Waals surface area (Å²) in [5.74, 6) is 0.867. The Hall–Kier alpha value is -2.17. The predicted molar refractivity (Wildman–Crippen MR) is 74.3 cm³/mol. The maximum atomic E-state index is 5.58. The van der Waals surface area contributed by atoms with E-state index in [1.165, 1.54) is 0 Å². The van der Waals surface area contributed by atoms with Gasteiger partial charge in [0.15, 0.2) is 0 Å². The lowest BCUT2D eigenvalue weighted by Crippen LogP contribution is -1.95. The van der Waals surface area contributed by atoms with Gasteiger partial charge in [0.1, 0.15) is 11.4 Å². The molecule has 5 heteroatoms. The number of aryl methyl sites for hydroxylation is 1. The molecule has 5 nitrogen and oxygen atoms in total. The summed E-state index contributed by atoms with van der Waals surface area (Å²) in [5, 5.41) is 15.0. The molecular weight excluding hydrogens is 240 g/mol. The Balaban J connectivity index is 1.95. The van der Waals surface area contributed by atoms with E-state index in [1.54, 1.807) is 6.20 Å². The molecule has 0 amide bonds. The summed E-state index contributed by atoms with van der Waals surface area (Å²) in [4.78, 5) is 0. The highest BCUT2D eigenvalue weighted by Gasteiger charge is 1.98. The van der Waals surface area contributed by atoms with Crippen molar-refractivity contribution in [2.24, 2.45) is 10.2 Å². The number of azo groups is 1. The van der Waals surface area contributed by atoms with Crippen molar-refractivity contribution in [1.82, 2.24) is 10.2 Å². The molecule has 2 rings (SSSR count). The zero-order valence-corrected chi connectivity index (χ0v) is 11.3. The number of H-pyrrole nitrogens is 1. The Labute approximate surface area is 112 Å². The molecule has 1 aromatic heterocycles. The first-order valence-electron chi connectivity index (χ1n) is 6.44. The highest BCUT2D eigenvalue weighted by molar-refractivity contribution is 5.43. The van der Waals surface area contributed by atoms with Crippen LogP contribution >= 0.6 is 0 Å². The van der Waals surface area contributed by atoms with Gasteiger partial charge in [0, 0.05) is 0 Å². The Kier molecular flexibility index (Phi) is 4.66. The first-order valence-corrected chi connectivity index (χ1v) is 6.44. The Morgan fingerprint density at radius 1 is 1.21 bits per heavy atom. The fourth-order valence-electron chi connectivity index (χ4n) is 1.50. The molecule has 0 bridgehead atoms. The second-order valence-electron chi connectivity index (χ2n) is 4.28. The lowest BCUT2D eigenvalue weighted by Gasteiger charge is -2.04. The van der Waals surface area contributed by atoms with Crippen LogP contribution in [0.5, 0.6) is 5.75 Å². The molecule has 1 aromatic carbocycles. The van der Waals surface area contributed by atoms with Crippen molar-refractivity contribution in [3.05, 3.63) is 36.2 Å². The van der Waals surface area contributed by atoms with Crippen LogP contribution in [0.3, 0.4) is 0 Å². The van der Waals surface area contributed by atoms with E-state index in [-0.39, 0.29) is 0 Å². The molecule has 100 valence electrons. The number of nitrogens with zero attached hydrogens (tertiary/aromatic N) is 3. The maximum Gasteiger partial charge on any atom is 0.126 e. The van der Waals surface area contributed by atoms with Gasteiger partial charge in [0.05, 0.1) is 24.2 Å². The normalized spacial score (nSPS) is 11.1. The van der Waals surface area contributed by atoms with Crippen LogP contribution in [0.4, 0.5) is 11.4 Å². The molecule has 0 unspecified atom stereocenters. The van der Waals surface area contributed by atoms with Gasteiger partial charge < -0.3 is 4.74 Å². The molecule has 0 aliphatic heterocycles. The fraction of sp³-hybridized carbons (Fsp3) is 0.357. The minimum atomic E-state index is 0.753. The van der Waals surface area contributed by atoms with E-state index in [9.17, 15) is 0 Å². The van der Waals surface area contributed by atoms with Gasteiger partial charge in [-0.25, -0.2) is 0 Å². The number of benzene rings is 1. The first-order chi connectivity index (χ1) is 9.29. The largest absolute Gasteiger partial charge is 0.494 e. The molecule has 0 saturated heterocycles. The molecule has 19 heavy (non-hydrogen) atoms. The van der Waals surface area contributed by atoms with Crippen molar-refractivity contribution in [2.45, 2.75) is 26.7 Å². The standard InChI is InChI=1S/C14H18N4O/c1-3-4-9-19-13-7-5-12(6-8-13)17-18-14-10-15-16-11(14)2/h5-8,10H,3-4,9H2,1-2H3,(H,15,16). The smallest absolute Gasteiger partial charge is 0.126 e. The number of nitrogens with one attached hydrogen (secondary N) is 1. The average Bonchev–Trinajstić information content (AvgIpc) is 2.84. The molecule has 0 aliphatic rings. The topological polar surface area (TPSA) is 62.6 Å². The number of aromatic nitrogens is 2. The molecule has 1 N–H and O–H groups in total. The molecule has 2 aromatic rings. The molecule has 0 spiro atoms. The van der Waals surface area contributed by atoms with Crippen LogP contribution in [-0.2, 0) is 0 Å². The van der Waals surface area contributed by atoms with Crippen LogP contribution in [0.1, 0.15) is 25.5 Å². The van der Waals surface area contributed by atoms with Crippen molar-refractivity contribution < 1.29 is 4.74 Å². The number of ether oxygens (including phenoxy) is 1. The summed E-state index contributed by atoms with van der Waals surface area (Å²) in [7, 11) is 0. The van der Waals surface area contributed by atoms with E-state index in [4.69, 9.17) is 4.74 Å². The number of hydrogen-bond donors (Lipinski definition) is 1. The molecule has 0 atom stereocenters. The van der Waals surface area contributed by atoms with E-state index >= 15 is 0 Å². The summed E-state index contributed by atoms with van der Waals surface area (Å²) in [6.07, 6.45) is 3.86. The summed E-state index contributed by atoms with van der Waals surface area (Å²) in [6.45, 7) is 4.81. The van der Waals surface area contributed by atoms with Crippen molar-refractivity contribution in [3.63, 3.8) is 0 Å². The van der Waals surface area contributed by atoms with Crippen molar-refractivity contribution in [3.8, 4) is 5.75 Å². The quantitative estimate of drug-likeness (QED) is 0.619. The SMILES string of the molecule is CCCCOc1ccc(N=Nc2cn[nH]c2C)cc1. The highest BCUT2D eigenvalue weighted by atomic mass is 16.5. The molecule has 0 aliphatic carbocycles. The first kappa shape index (κ1) is 13.3. The second-order valence-corrected chi connectivity index (χ2v) is 4.28. The van der Waals surface area contributed by atoms with Crippen LogP contribution in [0.15, 0.2) is 40.7 Å².